The first-order chi connectivity index (χ1) is 32.1. The van der Waals surface area contributed by atoms with E-state index in [2.05, 4.69) is 79.9 Å². The van der Waals surface area contributed by atoms with Gasteiger partial charge < -0.3 is 65.1 Å². The summed E-state index contributed by atoms with van der Waals surface area (Å²) in [5.41, 5.74) is 0. The molecule has 1 amide bonds. The summed E-state index contributed by atoms with van der Waals surface area (Å²) in [5, 5.41) is 86.3. The van der Waals surface area contributed by atoms with E-state index in [0.29, 0.717) is 12.8 Å². The number of ether oxygens (including phenoxy) is 4. The normalized spacial score (nSPS) is 27.3. The molecular formula is C52H91NO13. The summed E-state index contributed by atoms with van der Waals surface area (Å²) >= 11 is 0. The Hall–Kier alpha value is -2.31. The van der Waals surface area contributed by atoms with E-state index in [4.69, 9.17) is 18.9 Å². The smallest absolute Gasteiger partial charge is 0.220 e. The summed E-state index contributed by atoms with van der Waals surface area (Å²) in [7, 11) is 0. The number of amides is 1. The summed E-state index contributed by atoms with van der Waals surface area (Å²) in [6.07, 6.45) is 30.1. The lowest BCUT2D eigenvalue weighted by molar-refractivity contribution is -0.359. The molecular weight excluding hydrogens is 847 g/mol. The number of carbonyl (C=O) groups is 1. The number of rotatable bonds is 38. The van der Waals surface area contributed by atoms with E-state index in [1.807, 2.05) is 0 Å². The van der Waals surface area contributed by atoms with Gasteiger partial charge in [0, 0.05) is 6.42 Å². The van der Waals surface area contributed by atoms with E-state index >= 15 is 0 Å². The molecule has 2 fully saturated rings. The van der Waals surface area contributed by atoms with Crippen molar-refractivity contribution in [1.82, 2.24) is 5.32 Å². The molecule has 0 radical (unpaired) electrons. The lowest BCUT2D eigenvalue weighted by atomic mass is 9.97. The van der Waals surface area contributed by atoms with Crippen LogP contribution in [-0.2, 0) is 23.7 Å². The van der Waals surface area contributed by atoms with Crippen molar-refractivity contribution in [3.63, 3.8) is 0 Å². The molecule has 12 unspecified atom stereocenters. The van der Waals surface area contributed by atoms with E-state index in [1.165, 1.54) is 44.9 Å². The Morgan fingerprint density at radius 2 is 1.05 bits per heavy atom. The first kappa shape index (κ1) is 59.8. The van der Waals surface area contributed by atoms with Crippen molar-refractivity contribution in [2.24, 2.45) is 0 Å². The van der Waals surface area contributed by atoms with E-state index in [-0.39, 0.29) is 12.5 Å². The Labute approximate surface area is 396 Å². The molecule has 0 aromatic carbocycles. The molecule has 2 aliphatic rings. The number of hydrogen-bond donors (Lipinski definition) is 9. The second-order valence-corrected chi connectivity index (χ2v) is 17.9. The molecule has 0 spiro atoms. The fraction of sp³-hybridized carbons (Fsp3) is 0.788. The molecule has 382 valence electrons. The van der Waals surface area contributed by atoms with Crippen LogP contribution in [0.2, 0.25) is 0 Å². The van der Waals surface area contributed by atoms with Gasteiger partial charge in [-0.05, 0) is 57.8 Å². The summed E-state index contributed by atoms with van der Waals surface area (Å²) < 4.78 is 22.6. The van der Waals surface area contributed by atoms with Crippen LogP contribution >= 0.6 is 0 Å². The summed E-state index contributed by atoms with van der Waals surface area (Å²) in [4.78, 5) is 13.1. The first-order valence-electron chi connectivity index (χ1n) is 25.5. The Morgan fingerprint density at radius 3 is 1.61 bits per heavy atom. The number of hydrogen-bond acceptors (Lipinski definition) is 13. The summed E-state index contributed by atoms with van der Waals surface area (Å²) in [6.45, 7) is 2.62. The molecule has 2 aliphatic heterocycles. The number of aliphatic hydroxyl groups is 8. The topological polar surface area (TPSA) is 228 Å². The Balaban J connectivity index is 1.64. The third-order valence-corrected chi connectivity index (χ3v) is 12.2. The van der Waals surface area contributed by atoms with Gasteiger partial charge in [0.05, 0.1) is 32.0 Å². The van der Waals surface area contributed by atoms with Gasteiger partial charge in [-0.2, -0.15) is 0 Å². The van der Waals surface area contributed by atoms with Gasteiger partial charge in [-0.15, -0.1) is 0 Å². The second-order valence-electron chi connectivity index (χ2n) is 17.9. The lowest BCUT2D eigenvalue weighted by Crippen LogP contribution is -2.65. The highest BCUT2D eigenvalue weighted by Gasteiger charge is 2.51. The van der Waals surface area contributed by atoms with Crippen molar-refractivity contribution in [2.45, 2.75) is 242 Å². The third kappa shape index (κ3) is 25.3. The molecule has 9 N–H and O–H groups in total. The zero-order valence-corrected chi connectivity index (χ0v) is 40.4. The van der Waals surface area contributed by atoms with Crippen LogP contribution in [0.15, 0.2) is 60.8 Å². The van der Waals surface area contributed by atoms with Crippen LogP contribution in [0.5, 0.6) is 0 Å². The van der Waals surface area contributed by atoms with Crippen molar-refractivity contribution in [2.75, 3.05) is 19.8 Å². The Morgan fingerprint density at radius 1 is 0.561 bits per heavy atom. The summed E-state index contributed by atoms with van der Waals surface area (Å²) in [5.74, 6) is -0.221. The third-order valence-electron chi connectivity index (χ3n) is 12.2. The molecule has 2 rings (SSSR count). The molecule has 14 heteroatoms. The fourth-order valence-corrected chi connectivity index (χ4v) is 8.09. The Kier molecular flexibility index (Phi) is 34.9. The maximum atomic E-state index is 13.1. The zero-order valence-electron chi connectivity index (χ0n) is 40.4. The van der Waals surface area contributed by atoms with Crippen LogP contribution in [-0.4, -0.2) is 140 Å². The minimum atomic E-state index is -1.78. The van der Waals surface area contributed by atoms with E-state index in [1.54, 1.807) is 0 Å². The molecule has 0 bridgehead atoms. The van der Waals surface area contributed by atoms with Gasteiger partial charge >= 0.3 is 0 Å². The van der Waals surface area contributed by atoms with Crippen molar-refractivity contribution < 1.29 is 64.6 Å². The lowest BCUT2D eigenvalue weighted by Gasteiger charge is -2.46. The minimum Gasteiger partial charge on any atom is -0.394 e. The highest BCUT2D eigenvalue weighted by atomic mass is 16.7. The van der Waals surface area contributed by atoms with Gasteiger partial charge in [-0.1, -0.05) is 164 Å². The van der Waals surface area contributed by atoms with Crippen LogP contribution < -0.4 is 5.32 Å². The van der Waals surface area contributed by atoms with Gasteiger partial charge in [0.15, 0.2) is 12.6 Å². The van der Waals surface area contributed by atoms with Crippen LogP contribution in [0.3, 0.4) is 0 Å². The van der Waals surface area contributed by atoms with Crippen molar-refractivity contribution in [3.05, 3.63) is 60.8 Å². The first-order valence-corrected chi connectivity index (χ1v) is 25.5. The standard InChI is InChI=1S/C52H91NO13/c1-3-5-7-9-10-11-12-13-14-15-16-17-18-19-20-21-22-23-24-25-26-27-28-29-30-32-34-36-44(57)53-40(41(56)35-33-31-8-6-4-2)39-63-51-49(62)47(60)50(43(38-55)65-51)66-52-48(61)46(59)45(58)42(37-54)64-52/h5,7,10-11,13-14,16-17,19-20,40-43,45-52,54-56,58-62H,3-4,6,8-9,12,15,18,21-39H2,1-2H3,(H,53,57)/b7-5-,11-10-,14-13-,17-16-,20-19-. The quantitative estimate of drug-likeness (QED) is 0.0234. The highest BCUT2D eigenvalue weighted by molar-refractivity contribution is 5.76. The van der Waals surface area contributed by atoms with Crippen molar-refractivity contribution in [1.29, 1.82) is 0 Å². The van der Waals surface area contributed by atoms with Crippen LogP contribution in [0.4, 0.5) is 0 Å². The van der Waals surface area contributed by atoms with Crippen molar-refractivity contribution >= 4 is 5.91 Å². The van der Waals surface area contributed by atoms with Crippen LogP contribution in [0, 0.1) is 0 Å². The number of unbranched alkanes of at least 4 members (excludes halogenated alkanes) is 15. The molecule has 12 atom stereocenters. The fourth-order valence-electron chi connectivity index (χ4n) is 8.09. The zero-order chi connectivity index (χ0) is 48.2. The summed E-state index contributed by atoms with van der Waals surface area (Å²) in [6, 6.07) is -0.828. The molecule has 0 aliphatic carbocycles. The molecule has 0 saturated carbocycles. The predicted octanol–water partition coefficient (Wildman–Crippen LogP) is 6.66. The van der Waals surface area contributed by atoms with Crippen molar-refractivity contribution in [3.8, 4) is 0 Å². The molecule has 2 saturated heterocycles. The number of nitrogens with one attached hydrogen (secondary N) is 1. The van der Waals surface area contributed by atoms with Gasteiger partial charge in [0.25, 0.3) is 0 Å². The van der Waals surface area contributed by atoms with Crippen LogP contribution in [0.1, 0.15) is 168 Å². The minimum absolute atomic E-state index is 0.221. The Bertz CT molecular complexity index is 1340. The van der Waals surface area contributed by atoms with E-state index in [0.717, 1.165) is 96.3 Å². The van der Waals surface area contributed by atoms with E-state index in [9.17, 15) is 45.6 Å². The molecule has 14 nitrogen and oxygen atoms in total. The van der Waals surface area contributed by atoms with Gasteiger partial charge in [0.2, 0.25) is 5.91 Å². The van der Waals surface area contributed by atoms with Gasteiger partial charge in [-0.3, -0.25) is 4.79 Å². The van der Waals surface area contributed by atoms with Crippen LogP contribution in [0.25, 0.3) is 0 Å². The average molecular weight is 938 g/mol. The average Bonchev–Trinajstić information content (AvgIpc) is 3.31. The highest BCUT2D eigenvalue weighted by Crippen LogP contribution is 2.30. The predicted molar refractivity (Wildman–Crippen MR) is 258 cm³/mol. The second kappa shape index (κ2) is 38.5. The van der Waals surface area contributed by atoms with Gasteiger partial charge in [0.1, 0.15) is 48.8 Å². The molecule has 66 heavy (non-hydrogen) atoms. The molecule has 2 heterocycles. The SMILES string of the molecule is CC/C=C\C/C=C\C/C=C\C/C=C\C/C=C\CCCCCCCCCCCCCC(=O)NC(COC1OC(CO)C(OC2OC(CO)C(O)C(O)C2O)C(O)C1O)C(O)CCCCCCC. The van der Waals surface area contributed by atoms with E-state index < -0.39 is 86.8 Å². The maximum Gasteiger partial charge on any atom is 0.220 e. The molecule has 0 aromatic rings. The monoisotopic (exact) mass is 938 g/mol. The number of aliphatic hydroxyl groups excluding tert-OH is 8. The number of allylic oxidation sites excluding steroid dienone is 10. The largest absolute Gasteiger partial charge is 0.394 e. The van der Waals surface area contributed by atoms with Gasteiger partial charge in [-0.25, -0.2) is 0 Å². The number of carbonyl (C=O) groups excluding carboxylic acids is 1. The maximum absolute atomic E-state index is 13.1. The molecule has 0 aromatic heterocycles.